The van der Waals surface area contributed by atoms with Crippen molar-refractivity contribution in [3.63, 3.8) is 0 Å². The molecule has 0 aliphatic rings. The van der Waals surface area contributed by atoms with Crippen LogP contribution in [0.15, 0.2) is 0 Å². The van der Waals surface area contributed by atoms with E-state index in [4.69, 9.17) is 0 Å². The van der Waals surface area contributed by atoms with E-state index in [1.54, 1.807) is 6.92 Å². The van der Waals surface area contributed by atoms with E-state index in [0.717, 1.165) is 12.8 Å². The minimum absolute atomic E-state index is 0.403. The van der Waals surface area contributed by atoms with Crippen LogP contribution in [0.2, 0.25) is 0 Å². The van der Waals surface area contributed by atoms with Crippen LogP contribution in [0.25, 0.3) is 0 Å². The molecule has 0 aromatic heterocycles. The minimum Gasteiger partial charge on any atom is -0.433 e. The summed E-state index contributed by atoms with van der Waals surface area (Å²) < 4.78 is 8.94. The maximum absolute atomic E-state index is 10.5. The molecule has 0 atom stereocenters. The Bertz CT molecular complexity index is 164. The molecule has 0 unspecified atom stereocenters. The van der Waals surface area contributed by atoms with Gasteiger partial charge in [-0.1, -0.05) is 19.3 Å². The normalized spacial score (nSPS) is 7.82. The third kappa shape index (κ3) is 6.72. The fourth-order valence-electron chi connectivity index (χ4n) is 0.422. The van der Waals surface area contributed by atoms with Crippen LogP contribution < -0.4 is 0 Å². The Labute approximate surface area is 66.7 Å². The fourth-order valence-corrected chi connectivity index (χ4v) is 0.422. The molecule has 0 aliphatic heterocycles. The maximum Gasteiger partial charge on any atom is 0.522 e. The van der Waals surface area contributed by atoms with Gasteiger partial charge < -0.3 is 9.47 Å². The van der Waals surface area contributed by atoms with Crippen LogP contribution in [-0.2, 0) is 9.47 Å². The fraction of sp³-hybridized carbons (Fsp3) is 0.625. The van der Waals surface area contributed by atoms with Crippen LogP contribution in [0.4, 0.5) is 4.79 Å². The quantitative estimate of drug-likeness (QED) is 0.356. The summed E-state index contributed by atoms with van der Waals surface area (Å²) in [6, 6.07) is 0. The molecule has 0 saturated heterocycles. The molecule has 0 radical (unpaired) electrons. The molecule has 0 aromatic carbocycles. The Kier molecular flexibility index (Phi) is 6.20. The van der Waals surface area contributed by atoms with Gasteiger partial charge in [0.15, 0.2) is 0 Å². The van der Waals surface area contributed by atoms with E-state index in [-0.39, 0.29) is 0 Å². The Balaban J connectivity index is 3.27. The van der Waals surface area contributed by atoms with Gasteiger partial charge in [0.1, 0.15) is 6.11 Å². The van der Waals surface area contributed by atoms with Crippen molar-refractivity contribution in [1.82, 2.24) is 0 Å². The molecule has 0 rings (SSSR count). The van der Waals surface area contributed by atoms with Gasteiger partial charge in [0.2, 0.25) is 0 Å². The van der Waals surface area contributed by atoms with E-state index in [1.165, 1.54) is 0 Å². The first kappa shape index (κ1) is 9.83. The molecule has 0 spiro atoms. The molecule has 0 aromatic rings. The molecule has 0 bridgehead atoms. The summed E-state index contributed by atoms with van der Waals surface area (Å²) in [4.78, 5) is 10.5. The highest BCUT2D eigenvalue weighted by atomic mass is 16.7. The molecule has 11 heavy (non-hydrogen) atoms. The van der Waals surface area contributed by atoms with Gasteiger partial charge in [0, 0.05) is 6.92 Å². The first-order valence-corrected chi connectivity index (χ1v) is 3.56. The number of ether oxygens (including phenoxy) is 2. The summed E-state index contributed by atoms with van der Waals surface area (Å²) in [7, 11) is 0. The molecule has 0 N–H and O–H groups in total. The molecule has 0 aliphatic carbocycles. The monoisotopic (exact) mass is 156 g/mol. The number of unbranched alkanes of at least 4 members (excludes halogenated alkanes) is 1. The highest BCUT2D eigenvalue weighted by Gasteiger charge is 1.99. The molecule has 62 valence electrons. The Morgan fingerprint density at radius 2 is 2.27 bits per heavy atom. The number of rotatable bonds is 3. The zero-order valence-electron chi connectivity index (χ0n) is 6.85. The Morgan fingerprint density at radius 3 is 2.82 bits per heavy atom. The van der Waals surface area contributed by atoms with Gasteiger partial charge in [-0.15, -0.1) is 0 Å². The topological polar surface area (TPSA) is 35.5 Å². The molecule has 0 amide bonds. The molecule has 0 saturated carbocycles. The summed E-state index contributed by atoms with van der Waals surface area (Å²) in [6.07, 6.45) is 3.28. The summed E-state index contributed by atoms with van der Waals surface area (Å²) >= 11 is 0. The van der Waals surface area contributed by atoms with Crippen molar-refractivity contribution in [3.05, 3.63) is 0 Å². The van der Waals surface area contributed by atoms with Gasteiger partial charge in [-0.05, 0) is 6.42 Å². The molecular weight excluding hydrogens is 144 g/mol. The number of carbonyl (C=O) groups is 1. The first-order valence-electron chi connectivity index (χ1n) is 3.56. The van der Waals surface area contributed by atoms with Crippen LogP contribution >= 0.6 is 0 Å². The lowest BCUT2D eigenvalue weighted by molar-refractivity contribution is 0.0890. The second kappa shape index (κ2) is 6.94. The SMILES string of the molecule is CC#COC(=O)OCCCC. The van der Waals surface area contributed by atoms with Crippen molar-refractivity contribution in [1.29, 1.82) is 0 Å². The predicted molar refractivity (Wildman–Crippen MR) is 40.8 cm³/mol. The van der Waals surface area contributed by atoms with Gasteiger partial charge >= 0.3 is 6.16 Å². The highest BCUT2D eigenvalue weighted by Crippen LogP contribution is 1.90. The van der Waals surface area contributed by atoms with E-state index in [1.807, 2.05) is 6.92 Å². The second-order valence-electron chi connectivity index (χ2n) is 1.91. The molecule has 0 heterocycles. The van der Waals surface area contributed by atoms with Gasteiger partial charge in [0.05, 0.1) is 6.61 Å². The van der Waals surface area contributed by atoms with Crippen LogP contribution in [0, 0.1) is 12.0 Å². The van der Waals surface area contributed by atoms with Gasteiger partial charge in [0.25, 0.3) is 0 Å². The Hall–Kier alpha value is -1.17. The van der Waals surface area contributed by atoms with Crippen molar-refractivity contribution in [3.8, 4) is 12.0 Å². The average Bonchev–Trinajstić information content (AvgIpc) is 2.01. The lowest BCUT2D eigenvalue weighted by Crippen LogP contribution is -2.04. The number of carbonyl (C=O) groups excluding carboxylic acids is 1. The number of hydrogen-bond donors (Lipinski definition) is 0. The van der Waals surface area contributed by atoms with Gasteiger partial charge in [-0.2, -0.15) is 0 Å². The summed E-state index contributed by atoms with van der Waals surface area (Å²) in [5.74, 6) is 2.42. The van der Waals surface area contributed by atoms with Gasteiger partial charge in [-0.25, -0.2) is 4.79 Å². The minimum atomic E-state index is -0.715. The zero-order valence-corrected chi connectivity index (χ0v) is 6.85. The molecule has 0 fully saturated rings. The summed E-state index contributed by atoms with van der Waals surface area (Å²) in [5.41, 5.74) is 0. The van der Waals surface area contributed by atoms with Crippen LogP contribution in [-0.4, -0.2) is 12.8 Å². The smallest absolute Gasteiger partial charge is 0.433 e. The average molecular weight is 156 g/mol. The van der Waals surface area contributed by atoms with Crippen LogP contribution in [0.1, 0.15) is 26.7 Å². The van der Waals surface area contributed by atoms with E-state index < -0.39 is 6.16 Å². The number of hydrogen-bond acceptors (Lipinski definition) is 3. The molecular formula is C8H12O3. The zero-order chi connectivity index (χ0) is 8.53. The van der Waals surface area contributed by atoms with Crippen molar-refractivity contribution < 1.29 is 14.3 Å². The van der Waals surface area contributed by atoms with Crippen molar-refractivity contribution in [2.75, 3.05) is 6.61 Å². The summed E-state index contributed by atoms with van der Waals surface area (Å²) in [5, 5.41) is 0. The second-order valence-corrected chi connectivity index (χ2v) is 1.91. The maximum atomic E-state index is 10.5. The summed E-state index contributed by atoms with van der Waals surface area (Å²) in [6.45, 7) is 4.00. The standard InChI is InChI=1S/C8H12O3/c1-3-5-7-11-8(9)10-6-4-2/h3,5,7H2,1-2H3. The van der Waals surface area contributed by atoms with Crippen molar-refractivity contribution in [2.45, 2.75) is 26.7 Å². The predicted octanol–water partition coefficient (Wildman–Crippen LogP) is 1.92. The molecule has 3 heteroatoms. The highest BCUT2D eigenvalue weighted by molar-refractivity contribution is 5.61. The van der Waals surface area contributed by atoms with E-state index in [0.29, 0.717) is 6.61 Å². The lowest BCUT2D eigenvalue weighted by atomic mass is 10.4. The lowest BCUT2D eigenvalue weighted by Gasteiger charge is -1.98. The van der Waals surface area contributed by atoms with E-state index in [2.05, 4.69) is 21.5 Å². The third-order valence-corrected chi connectivity index (χ3v) is 0.954. The third-order valence-electron chi connectivity index (χ3n) is 0.954. The Morgan fingerprint density at radius 1 is 1.55 bits per heavy atom. The van der Waals surface area contributed by atoms with E-state index in [9.17, 15) is 4.79 Å². The van der Waals surface area contributed by atoms with Crippen LogP contribution in [0.5, 0.6) is 0 Å². The largest absolute Gasteiger partial charge is 0.522 e. The molecule has 3 nitrogen and oxygen atoms in total. The van der Waals surface area contributed by atoms with Crippen molar-refractivity contribution >= 4 is 6.16 Å². The first-order chi connectivity index (χ1) is 5.31. The van der Waals surface area contributed by atoms with Gasteiger partial charge in [-0.3, -0.25) is 0 Å². The van der Waals surface area contributed by atoms with Crippen molar-refractivity contribution in [2.24, 2.45) is 0 Å². The van der Waals surface area contributed by atoms with Crippen LogP contribution in [0.3, 0.4) is 0 Å². The van der Waals surface area contributed by atoms with E-state index >= 15 is 0 Å².